The van der Waals surface area contributed by atoms with Gasteiger partial charge in [-0.05, 0) is 74.9 Å². The lowest BCUT2D eigenvalue weighted by molar-refractivity contribution is -0.137. The second-order valence-electron chi connectivity index (χ2n) is 8.19. The highest BCUT2D eigenvalue weighted by Crippen LogP contribution is 2.30. The lowest BCUT2D eigenvalue weighted by Gasteiger charge is -2.33. The summed E-state index contributed by atoms with van der Waals surface area (Å²) in [6.07, 6.45) is 2.76. The average Bonchev–Trinajstić information content (AvgIpc) is 3.27. The number of pyridine rings is 1. The molecule has 0 spiro atoms. The summed E-state index contributed by atoms with van der Waals surface area (Å²) < 4.78 is 44.0. The summed E-state index contributed by atoms with van der Waals surface area (Å²) in [5, 5.41) is 3.05. The SMILES string of the molecule is O=C(NC1CCN(c2ccc(C(F)(F)F)cn2)CC1)c1ccc(OC2CCCC2)cc1. The predicted molar refractivity (Wildman–Crippen MR) is 111 cm³/mol. The number of benzene rings is 1. The third kappa shape index (κ3) is 5.48. The average molecular weight is 433 g/mol. The van der Waals surface area contributed by atoms with Crippen molar-refractivity contribution in [1.29, 1.82) is 0 Å². The van der Waals surface area contributed by atoms with Crippen LogP contribution in [-0.4, -0.2) is 36.1 Å². The zero-order valence-corrected chi connectivity index (χ0v) is 17.2. The number of anilines is 1. The zero-order valence-electron chi connectivity index (χ0n) is 17.2. The van der Waals surface area contributed by atoms with Crippen LogP contribution in [-0.2, 0) is 6.18 Å². The van der Waals surface area contributed by atoms with Crippen molar-refractivity contribution in [2.75, 3.05) is 18.0 Å². The van der Waals surface area contributed by atoms with Gasteiger partial charge in [-0.25, -0.2) is 4.98 Å². The van der Waals surface area contributed by atoms with Gasteiger partial charge >= 0.3 is 6.18 Å². The number of ether oxygens (including phenoxy) is 1. The summed E-state index contributed by atoms with van der Waals surface area (Å²) in [5.41, 5.74) is -0.163. The Morgan fingerprint density at radius 3 is 2.26 bits per heavy atom. The fourth-order valence-corrected chi connectivity index (χ4v) is 4.15. The minimum atomic E-state index is -4.39. The maximum atomic E-state index is 12.7. The fourth-order valence-electron chi connectivity index (χ4n) is 4.15. The molecule has 2 aliphatic rings. The number of carbonyl (C=O) groups is 1. The molecule has 2 heterocycles. The van der Waals surface area contributed by atoms with Gasteiger partial charge in [0, 0.05) is 30.9 Å². The van der Waals surface area contributed by atoms with Gasteiger partial charge in [0.2, 0.25) is 0 Å². The molecule has 1 aliphatic carbocycles. The molecule has 8 heteroatoms. The minimum absolute atomic E-state index is 0.0209. The van der Waals surface area contributed by atoms with Gasteiger partial charge in [0.1, 0.15) is 11.6 Å². The van der Waals surface area contributed by atoms with E-state index in [1.807, 2.05) is 17.0 Å². The van der Waals surface area contributed by atoms with E-state index in [1.54, 1.807) is 12.1 Å². The summed E-state index contributed by atoms with van der Waals surface area (Å²) in [6.45, 7) is 1.24. The van der Waals surface area contributed by atoms with Crippen LogP contribution in [0.3, 0.4) is 0 Å². The highest BCUT2D eigenvalue weighted by atomic mass is 19.4. The number of hydrogen-bond acceptors (Lipinski definition) is 4. The van der Waals surface area contributed by atoms with E-state index in [2.05, 4.69) is 10.3 Å². The number of amides is 1. The van der Waals surface area contributed by atoms with E-state index >= 15 is 0 Å². The van der Waals surface area contributed by atoms with Gasteiger partial charge in [-0.2, -0.15) is 13.2 Å². The van der Waals surface area contributed by atoms with Crippen LogP contribution in [0.5, 0.6) is 5.75 Å². The monoisotopic (exact) mass is 433 g/mol. The van der Waals surface area contributed by atoms with Crippen molar-refractivity contribution in [1.82, 2.24) is 10.3 Å². The van der Waals surface area contributed by atoms with E-state index in [9.17, 15) is 18.0 Å². The Morgan fingerprint density at radius 1 is 1.00 bits per heavy atom. The number of alkyl halides is 3. The van der Waals surface area contributed by atoms with Crippen molar-refractivity contribution in [3.63, 3.8) is 0 Å². The number of carbonyl (C=O) groups excluding carboxylic acids is 1. The molecule has 0 unspecified atom stereocenters. The van der Waals surface area contributed by atoms with Crippen molar-refractivity contribution < 1.29 is 22.7 Å². The third-order valence-electron chi connectivity index (χ3n) is 5.95. The maximum Gasteiger partial charge on any atom is 0.417 e. The van der Waals surface area contributed by atoms with Crippen molar-refractivity contribution in [2.45, 2.75) is 56.8 Å². The van der Waals surface area contributed by atoms with Gasteiger partial charge in [0.25, 0.3) is 5.91 Å². The summed E-state index contributed by atoms with van der Waals surface area (Å²) in [4.78, 5) is 18.5. The molecule has 1 aliphatic heterocycles. The Bertz CT molecular complexity index is 870. The lowest BCUT2D eigenvalue weighted by Crippen LogP contribution is -2.45. The molecule has 166 valence electrons. The molecule has 2 fully saturated rings. The Balaban J connectivity index is 1.26. The van der Waals surface area contributed by atoms with Crippen LogP contribution < -0.4 is 15.0 Å². The van der Waals surface area contributed by atoms with E-state index in [0.717, 1.165) is 30.9 Å². The zero-order chi connectivity index (χ0) is 21.8. The van der Waals surface area contributed by atoms with Gasteiger partial charge in [-0.3, -0.25) is 4.79 Å². The van der Waals surface area contributed by atoms with E-state index in [0.29, 0.717) is 37.3 Å². The first-order valence-corrected chi connectivity index (χ1v) is 10.7. The topological polar surface area (TPSA) is 54.5 Å². The van der Waals surface area contributed by atoms with Crippen LogP contribution >= 0.6 is 0 Å². The number of nitrogens with zero attached hydrogens (tertiary/aromatic N) is 2. The number of rotatable bonds is 5. The summed E-state index contributed by atoms with van der Waals surface area (Å²) in [6, 6.07) is 9.71. The van der Waals surface area contributed by atoms with Gasteiger partial charge in [0.15, 0.2) is 0 Å². The van der Waals surface area contributed by atoms with E-state index in [1.165, 1.54) is 18.9 Å². The summed E-state index contributed by atoms with van der Waals surface area (Å²) >= 11 is 0. The van der Waals surface area contributed by atoms with E-state index in [4.69, 9.17) is 4.74 Å². The first kappa shape index (κ1) is 21.5. The summed E-state index contributed by atoms with van der Waals surface area (Å²) in [7, 11) is 0. The van der Waals surface area contributed by atoms with Gasteiger partial charge in [-0.1, -0.05) is 0 Å². The van der Waals surface area contributed by atoms with Gasteiger partial charge < -0.3 is 15.0 Å². The molecule has 0 atom stereocenters. The van der Waals surface area contributed by atoms with E-state index < -0.39 is 11.7 Å². The quantitative estimate of drug-likeness (QED) is 0.735. The van der Waals surface area contributed by atoms with Crippen molar-refractivity contribution in [3.8, 4) is 5.75 Å². The molecule has 4 rings (SSSR count). The molecule has 5 nitrogen and oxygen atoms in total. The van der Waals surface area contributed by atoms with Crippen LogP contribution in [0.4, 0.5) is 19.0 Å². The Labute approximate surface area is 179 Å². The molecule has 2 aromatic rings. The molecule has 1 amide bonds. The molecule has 1 saturated carbocycles. The number of aromatic nitrogens is 1. The molecule has 0 bridgehead atoms. The molecule has 0 radical (unpaired) electrons. The van der Waals surface area contributed by atoms with Crippen LogP contribution in [0.15, 0.2) is 42.6 Å². The lowest BCUT2D eigenvalue weighted by atomic mass is 10.0. The number of hydrogen-bond donors (Lipinski definition) is 1. The fraction of sp³-hybridized carbons (Fsp3) is 0.478. The van der Waals surface area contributed by atoms with Gasteiger partial charge in [-0.15, -0.1) is 0 Å². The minimum Gasteiger partial charge on any atom is -0.490 e. The largest absolute Gasteiger partial charge is 0.490 e. The maximum absolute atomic E-state index is 12.7. The first-order valence-electron chi connectivity index (χ1n) is 10.7. The first-order chi connectivity index (χ1) is 14.9. The Morgan fingerprint density at radius 2 is 1.68 bits per heavy atom. The van der Waals surface area contributed by atoms with Crippen LogP contribution in [0.2, 0.25) is 0 Å². The van der Waals surface area contributed by atoms with Gasteiger partial charge in [0.05, 0.1) is 11.7 Å². The van der Waals surface area contributed by atoms with Crippen LogP contribution in [0, 0.1) is 0 Å². The molecule has 1 aromatic carbocycles. The summed E-state index contributed by atoms with van der Waals surface area (Å²) in [5.74, 6) is 1.19. The molecule has 1 aromatic heterocycles. The van der Waals surface area contributed by atoms with Crippen molar-refractivity contribution >= 4 is 11.7 Å². The Hall–Kier alpha value is -2.77. The van der Waals surface area contributed by atoms with E-state index in [-0.39, 0.29) is 18.1 Å². The molecular weight excluding hydrogens is 407 g/mol. The number of nitrogens with one attached hydrogen (secondary N) is 1. The molecular formula is C23H26F3N3O2. The molecule has 1 N–H and O–H groups in total. The highest BCUT2D eigenvalue weighted by Gasteiger charge is 2.31. The van der Waals surface area contributed by atoms with Crippen molar-refractivity contribution in [3.05, 3.63) is 53.7 Å². The highest BCUT2D eigenvalue weighted by molar-refractivity contribution is 5.94. The number of halogens is 3. The predicted octanol–water partition coefficient (Wildman–Crippen LogP) is 4.82. The van der Waals surface area contributed by atoms with Crippen LogP contribution in [0.1, 0.15) is 54.4 Å². The normalized spacial score (nSPS) is 18.2. The Kier molecular flexibility index (Phi) is 6.34. The molecule has 31 heavy (non-hydrogen) atoms. The smallest absolute Gasteiger partial charge is 0.417 e. The number of piperidine rings is 1. The second-order valence-corrected chi connectivity index (χ2v) is 8.19. The second kappa shape index (κ2) is 9.16. The van der Waals surface area contributed by atoms with Crippen molar-refractivity contribution in [2.24, 2.45) is 0 Å². The third-order valence-corrected chi connectivity index (χ3v) is 5.95. The van der Waals surface area contributed by atoms with Crippen LogP contribution in [0.25, 0.3) is 0 Å². The standard InChI is InChI=1S/C23H26F3N3O2/c24-23(25,26)17-7-10-21(27-15-17)29-13-11-18(12-14-29)28-22(30)16-5-8-20(9-6-16)31-19-3-1-2-4-19/h5-10,15,18-19H,1-4,11-14H2,(H,28,30). The molecule has 1 saturated heterocycles.